The van der Waals surface area contributed by atoms with Gasteiger partial charge < -0.3 is 4.42 Å². The molecule has 0 bridgehead atoms. The highest BCUT2D eigenvalue weighted by molar-refractivity contribution is 14.1. The number of nitro groups is 1. The van der Waals surface area contributed by atoms with Crippen LogP contribution in [0.5, 0.6) is 0 Å². The zero-order valence-electron chi connectivity index (χ0n) is 9.71. The number of nitrogens with one attached hydrogen (secondary N) is 1. The number of hydrogen-bond acceptors (Lipinski definition) is 5. The number of nitrogens with zero attached hydrogens (tertiary/aromatic N) is 2. The van der Waals surface area contributed by atoms with E-state index < -0.39 is 10.8 Å². The topological polar surface area (TPSA) is 98.3 Å². The summed E-state index contributed by atoms with van der Waals surface area (Å²) < 4.78 is 5.60. The lowest BCUT2D eigenvalue weighted by Crippen LogP contribution is -2.14. The van der Waals surface area contributed by atoms with Crippen molar-refractivity contribution in [2.75, 3.05) is 5.32 Å². The fourth-order valence-electron chi connectivity index (χ4n) is 1.38. The van der Waals surface area contributed by atoms with Gasteiger partial charge in [-0.15, -0.1) is 0 Å². The van der Waals surface area contributed by atoms with Crippen molar-refractivity contribution < 1.29 is 14.1 Å². The second-order valence-electron chi connectivity index (χ2n) is 3.67. The number of aromatic nitrogens is 1. The monoisotopic (exact) mass is 373 g/mol. The zero-order chi connectivity index (χ0) is 14.0. The number of oxazole rings is 1. The molecule has 0 unspecified atom stereocenters. The Bertz CT molecular complexity index is 653. The number of halogens is 1. The second kappa shape index (κ2) is 5.34. The van der Waals surface area contributed by atoms with Gasteiger partial charge in [-0.3, -0.25) is 20.2 Å². The summed E-state index contributed by atoms with van der Waals surface area (Å²) in [5.74, 6) is -0.505. The average molecular weight is 373 g/mol. The molecular weight excluding hydrogens is 365 g/mol. The number of nitro benzene ring substituents is 1. The summed E-state index contributed by atoms with van der Waals surface area (Å²) in [6.45, 7) is 1.72. The normalized spacial score (nSPS) is 10.2. The van der Waals surface area contributed by atoms with Crippen molar-refractivity contribution in [2.45, 2.75) is 6.92 Å². The van der Waals surface area contributed by atoms with Gasteiger partial charge in [0.25, 0.3) is 11.6 Å². The number of aryl methyl sites for hydroxylation is 1. The van der Waals surface area contributed by atoms with Gasteiger partial charge in [0.15, 0.2) is 0 Å². The van der Waals surface area contributed by atoms with Crippen LogP contribution in [0.3, 0.4) is 0 Å². The summed E-state index contributed by atoms with van der Waals surface area (Å²) in [6, 6.07) is 4.12. The minimum absolute atomic E-state index is 0.0600. The molecule has 19 heavy (non-hydrogen) atoms. The first-order valence-corrected chi connectivity index (χ1v) is 6.22. The van der Waals surface area contributed by atoms with E-state index in [9.17, 15) is 14.9 Å². The number of rotatable bonds is 3. The molecule has 0 spiro atoms. The molecule has 1 N–H and O–H groups in total. The molecule has 8 heteroatoms. The standard InChI is InChI=1S/C11H8IN3O4/c1-6-5-19-11(13-6)14-10(16)8-4-7(15(17)18)2-3-9(8)12/h2-5H,1H3,(H,13,14,16). The third-order valence-corrected chi connectivity index (χ3v) is 3.19. The Kier molecular flexibility index (Phi) is 3.79. The molecule has 2 aromatic rings. The van der Waals surface area contributed by atoms with E-state index in [1.54, 1.807) is 6.92 Å². The lowest BCUT2D eigenvalue weighted by molar-refractivity contribution is -0.384. The van der Waals surface area contributed by atoms with Crippen molar-refractivity contribution in [3.05, 3.63) is 49.4 Å². The molecule has 98 valence electrons. The lowest BCUT2D eigenvalue weighted by Gasteiger charge is -2.03. The molecule has 0 saturated carbocycles. The van der Waals surface area contributed by atoms with Crippen LogP contribution in [0.4, 0.5) is 11.7 Å². The predicted octanol–water partition coefficient (Wildman–Crippen LogP) is 2.75. The van der Waals surface area contributed by atoms with Gasteiger partial charge in [-0.2, -0.15) is 4.98 Å². The number of amides is 1. The molecule has 0 radical (unpaired) electrons. The third-order valence-electron chi connectivity index (χ3n) is 2.24. The molecule has 2 rings (SSSR count). The summed E-state index contributed by atoms with van der Waals surface area (Å²) in [6.07, 6.45) is 1.40. The molecule has 7 nitrogen and oxygen atoms in total. The summed E-state index contributed by atoms with van der Waals surface area (Å²) in [5.41, 5.74) is 0.684. The second-order valence-corrected chi connectivity index (χ2v) is 4.83. The molecule has 0 fully saturated rings. The molecule has 0 saturated heterocycles. The largest absolute Gasteiger partial charge is 0.432 e. The van der Waals surface area contributed by atoms with Crippen molar-refractivity contribution in [1.29, 1.82) is 0 Å². The summed E-state index contributed by atoms with van der Waals surface area (Å²) in [5, 5.41) is 13.1. The van der Waals surface area contributed by atoms with Gasteiger partial charge in [0.1, 0.15) is 6.26 Å². The molecule has 0 aliphatic carbocycles. The van der Waals surface area contributed by atoms with Crippen molar-refractivity contribution >= 4 is 40.2 Å². The fraction of sp³-hybridized carbons (Fsp3) is 0.0909. The Morgan fingerprint density at radius 3 is 2.84 bits per heavy atom. The first-order chi connectivity index (χ1) is 8.97. The van der Waals surface area contributed by atoms with E-state index in [1.165, 1.54) is 24.5 Å². The van der Waals surface area contributed by atoms with Gasteiger partial charge >= 0.3 is 6.01 Å². The van der Waals surface area contributed by atoms with E-state index in [0.29, 0.717) is 9.26 Å². The molecule has 1 aromatic carbocycles. The molecule has 0 aliphatic rings. The molecule has 1 aromatic heterocycles. The minimum atomic E-state index is -0.553. The highest BCUT2D eigenvalue weighted by atomic mass is 127. The van der Waals surface area contributed by atoms with Crippen LogP contribution < -0.4 is 5.32 Å². The molecule has 1 amide bonds. The lowest BCUT2D eigenvalue weighted by atomic mass is 10.2. The number of anilines is 1. The minimum Gasteiger partial charge on any atom is -0.432 e. The maximum atomic E-state index is 12.0. The van der Waals surface area contributed by atoms with Crippen LogP contribution in [0.1, 0.15) is 16.1 Å². The van der Waals surface area contributed by atoms with Crippen molar-refractivity contribution in [2.24, 2.45) is 0 Å². The summed E-state index contributed by atoms with van der Waals surface area (Å²) >= 11 is 1.93. The molecule has 1 heterocycles. The molecule has 0 atom stereocenters. The van der Waals surface area contributed by atoms with Gasteiger partial charge in [0.2, 0.25) is 0 Å². The molecular formula is C11H8IN3O4. The van der Waals surface area contributed by atoms with Crippen LogP contribution in [-0.4, -0.2) is 15.8 Å². The van der Waals surface area contributed by atoms with Crippen LogP contribution in [0, 0.1) is 20.6 Å². The first kappa shape index (κ1) is 13.5. The number of benzene rings is 1. The molecule has 0 aliphatic heterocycles. The SMILES string of the molecule is Cc1coc(NC(=O)c2cc([N+](=O)[O-])ccc2I)n1. The maximum absolute atomic E-state index is 12.0. The van der Waals surface area contributed by atoms with Crippen LogP contribution >= 0.6 is 22.6 Å². The van der Waals surface area contributed by atoms with E-state index in [-0.39, 0.29) is 17.3 Å². The smallest absolute Gasteiger partial charge is 0.301 e. The third kappa shape index (κ3) is 3.08. The summed E-state index contributed by atoms with van der Waals surface area (Å²) in [4.78, 5) is 26.0. The van der Waals surface area contributed by atoms with Crippen LogP contribution in [0.2, 0.25) is 0 Å². The average Bonchev–Trinajstić information content (AvgIpc) is 2.74. The van der Waals surface area contributed by atoms with Gasteiger partial charge in [-0.1, -0.05) is 0 Å². The Labute approximate surface area is 121 Å². The van der Waals surface area contributed by atoms with E-state index in [2.05, 4.69) is 10.3 Å². The predicted molar refractivity (Wildman–Crippen MR) is 75.0 cm³/mol. The number of carbonyl (C=O) groups is 1. The number of non-ortho nitro benzene ring substituents is 1. The zero-order valence-corrected chi connectivity index (χ0v) is 11.9. The van der Waals surface area contributed by atoms with E-state index in [0.717, 1.165) is 0 Å². The van der Waals surface area contributed by atoms with E-state index in [4.69, 9.17) is 4.42 Å². The van der Waals surface area contributed by atoms with E-state index in [1.807, 2.05) is 22.6 Å². The van der Waals surface area contributed by atoms with Gasteiger partial charge in [0.05, 0.1) is 16.2 Å². The Balaban J connectivity index is 2.27. The maximum Gasteiger partial charge on any atom is 0.301 e. The van der Waals surface area contributed by atoms with Crippen LogP contribution in [0.15, 0.2) is 28.9 Å². The van der Waals surface area contributed by atoms with Crippen molar-refractivity contribution in [3.63, 3.8) is 0 Å². The van der Waals surface area contributed by atoms with Gasteiger partial charge in [-0.05, 0) is 35.6 Å². The van der Waals surface area contributed by atoms with Gasteiger partial charge in [0, 0.05) is 15.7 Å². The Morgan fingerprint density at radius 2 is 2.26 bits per heavy atom. The van der Waals surface area contributed by atoms with Crippen LogP contribution in [-0.2, 0) is 0 Å². The first-order valence-electron chi connectivity index (χ1n) is 5.15. The van der Waals surface area contributed by atoms with E-state index >= 15 is 0 Å². The number of hydrogen-bond donors (Lipinski definition) is 1. The fourth-order valence-corrected chi connectivity index (χ4v) is 1.96. The van der Waals surface area contributed by atoms with Gasteiger partial charge in [-0.25, -0.2) is 0 Å². The Hall–Kier alpha value is -1.97. The Morgan fingerprint density at radius 1 is 1.53 bits per heavy atom. The quantitative estimate of drug-likeness (QED) is 0.507. The highest BCUT2D eigenvalue weighted by Crippen LogP contribution is 2.20. The van der Waals surface area contributed by atoms with Crippen molar-refractivity contribution in [3.8, 4) is 0 Å². The van der Waals surface area contributed by atoms with Crippen LogP contribution in [0.25, 0.3) is 0 Å². The van der Waals surface area contributed by atoms with Crippen molar-refractivity contribution in [1.82, 2.24) is 4.98 Å². The summed E-state index contributed by atoms with van der Waals surface area (Å²) in [7, 11) is 0. The number of carbonyl (C=O) groups excluding carboxylic acids is 1. The highest BCUT2D eigenvalue weighted by Gasteiger charge is 2.17.